The van der Waals surface area contributed by atoms with Crippen LogP contribution in [0.2, 0.25) is 10.0 Å². The molecule has 0 aromatic heterocycles. The average molecular weight is 322 g/mol. The second-order valence-electron chi connectivity index (χ2n) is 4.19. The first kappa shape index (κ1) is 16.0. The van der Waals surface area contributed by atoms with E-state index in [0.717, 1.165) is 6.26 Å². The number of carbonyl (C=O) groups is 1. The highest BCUT2D eigenvalue weighted by atomic mass is 35.5. The third kappa shape index (κ3) is 4.23. The average Bonchev–Trinajstić information content (AvgIpc) is 2.27. The molecule has 0 spiro atoms. The van der Waals surface area contributed by atoms with E-state index in [1.165, 1.54) is 29.3 Å². The Balaban J connectivity index is 3.32. The second-order valence-corrected chi connectivity index (χ2v) is 6.99. The van der Waals surface area contributed by atoms with Crippen molar-refractivity contribution in [2.75, 3.05) is 20.4 Å². The van der Waals surface area contributed by atoms with Gasteiger partial charge in [0.2, 0.25) is 5.78 Å². The number of sulfone groups is 1. The van der Waals surface area contributed by atoms with Crippen molar-refractivity contribution >= 4 is 38.8 Å². The molecular weight excluding hydrogens is 309 g/mol. The van der Waals surface area contributed by atoms with Gasteiger partial charge in [0.1, 0.15) is 4.91 Å². The van der Waals surface area contributed by atoms with Gasteiger partial charge in [0, 0.05) is 32.1 Å². The van der Waals surface area contributed by atoms with Gasteiger partial charge in [0.25, 0.3) is 0 Å². The predicted molar refractivity (Wildman–Crippen MR) is 77.4 cm³/mol. The van der Waals surface area contributed by atoms with Gasteiger partial charge >= 0.3 is 0 Å². The van der Waals surface area contributed by atoms with Gasteiger partial charge in [0.05, 0.1) is 10.0 Å². The third-order valence-corrected chi connectivity index (χ3v) is 4.01. The van der Waals surface area contributed by atoms with E-state index in [1.54, 1.807) is 14.1 Å². The molecule has 0 unspecified atom stereocenters. The van der Waals surface area contributed by atoms with Crippen LogP contribution in [-0.4, -0.2) is 39.5 Å². The van der Waals surface area contributed by atoms with Gasteiger partial charge in [0.15, 0.2) is 9.84 Å². The molecule has 0 aliphatic heterocycles. The van der Waals surface area contributed by atoms with Crippen LogP contribution in [0.25, 0.3) is 0 Å². The van der Waals surface area contributed by atoms with Gasteiger partial charge in [-0.15, -0.1) is 0 Å². The molecule has 0 radical (unpaired) electrons. The zero-order valence-corrected chi connectivity index (χ0v) is 13.0. The van der Waals surface area contributed by atoms with E-state index in [1.807, 2.05) is 0 Å². The summed E-state index contributed by atoms with van der Waals surface area (Å²) in [5.41, 5.74) is 0.174. The van der Waals surface area contributed by atoms with Crippen LogP contribution in [0.4, 0.5) is 0 Å². The molecular formula is C12H13Cl2NO3S. The summed E-state index contributed by atoms with van der Waals surface area (Å²) in [5.74, 6) is -0.616. The van der Waals surface area contributed by atoms with Crippen LogP contribution in [-0.2, 0) is 9.84 Å². The second kappa shape index (κ2) is 5.94. The Morgan fingerprint density at radius 3 is 2.21 bits per heavy atom. The molecule has 104 valence electrons. The zero-order valence-electron chi connectivity index (χ0n) is 10.6. The van der Waals surface area contributed by atoms with Crippen LogP contribution in [0.1, 0.15) is 10.4 Å². The quantitative estimate of drug-likeness (QED) is 0.632. The maximum absolute atomic E-state index is 12.2. The maximum atomic E-state index is 12.2. The van der Waals surface area contributed by atoms with E-state index in [4.69, 9.17) is 23.2 Å². The highest BCUT2D eigenvalue weighted by molar-refractivity contribution is 7.95. The van der Waals surface area contributed by atoms with Crippen LogP contribution in [0.5, 0.6) is 0 Å². The number of ketones is 1. The molecule has 0 bridgehead atoms. The third-order valence-electron chi connectivity index (χ3n) is 2.18. The van der Waals surface area contributed by atoms with Crippen molar-refractivity contribution in [2.24, 2.45) is 0 Å². The van der Waals surface area contributed by atoms with Crippen molar-refractivity contribution < 1.29 is 13.2 Å². The van der Waals surface area contributed by atoms with E-state index >= 15 is 0 Å². The van der Waals surface area contributed by atoms with Gasteiger partial charge in [-0.3, -0.25) is 4.79 Å². The summed E-state index contributed by atoms with van der Waals surface area (Å²) in [6, 6.07) is 4.23. The van der Waals surface area contributed by atoms with Crippen molar-refractivity contribution in [1.29, 1.82) is 0 Å². The summed E-state index contributed by atoms with van der Waals surface area (Å²) in [5, 5.41) is 0.501. The van der Waals surface area contributed by atoms with Crippen molar-refractivity contribution in [2.45, 2.75) is 0 Å². The molecule has 0 saturated carbocycles. The number of hydrogen-bond acceptors (Lipinski definition) is 4. The molecule has 0 aliphatic rings. The molecule has 7 heteroatoms. The molecule has 0 fully saturated rings. The SMILES string of the molecule is CN(C)/C=C(\C(=O)c1ccc(Cl)c(Cl)c1)S(C)(=O)=O. The van der Waals surface area contributed by atoms with Gasteiger partial charge in [-0.25, -0.2) is 8.42 Å². The molecule has 1 aromatic rings. The molecule has 0 aliphatic carbocycles. The lowest BCUT2D eigenvalue weighted by Crippen LogP contribution is -2.16. The minimum Gasteiger partial charge on any atom is -0.382 e. The van der Waals surface area contributed by atoms with Crippen LogP contribution in [0.3, 0.4) is 0 Å². The molecule has 19 heavy (non-hydrogen) atoms. The maximum Gasteiger partial charge on any atom is 0.205 e. The standard InChI is InChI=1S/C12H13Cl2NO3S/c1-15(2)7-11(19(3,17)18)12(16)8-4-5-9(13)10(14)6-8/h4-7H,1-3H3/b11-7+. The number of hydrogen-bond donors (Lipinski definition) is 0. The summed E-state index contributed by atoms with van der Waals surface area (Å²) in [6.07, 6.45) is 2.25. The van der Waals surface area contributed by atoms with Crippen molar-refractivity contribution in [3.63, 3.8) is 0 Å². The smallest absolute Gasteiger partial charge is 0.205 e. The van der Waals surface area contributed by atoms with Crippen molar-refractivity contribution in [1.82, 2.24) is 4.90 Å². The summed E-state index contributed by atoms with van der Waals surface area (Å²) in [4.78, 5) is 13.4. The number of rotatable bonds is 4. The molecule has 0 heterocycles. The molecule has 0 amide bonds. The first-order chi connectivity index (χ1) is 8.62. The van der Waals surface area contributed by atoms with Crippen LogP contribution >= 0.6 is 23.2 Å². The summed E-state index contributed by atoms with van der Waals surface area (Å²) < 4.78 is 23.3. The number of allylic oxidation sites excluding steroid dienone is 1. The lowest BCUT2D eigenvalue weighted by Gasteiger charge is -2.10. The Hall–Kier alpha value is -1.04. The summed E-state index contributed by atoms with van der Waals surface area (Å²) >= 11 is 11.6. The minimum atomic E-state index is -3.64. The number of carbonyl (C=O) groups excluding carboxylic acids is 1. The van der Waals surface area contributed by atoms with Gasteiger partial charge in [-0.05, 0) is 18.2 Å². The van der Waals surface area contributed by atoms with E-state index in [0.29, 0.717) is 5.02 Å². The molecule has 1 rings (SSSR count). The highest BCUT2D eigenvalue weighted by Crippen LogP contribution is 2.24. The largest absolute Gasteiger partial charge is 0.382 e. The fourth-order valence-corrected chi connectivity index (χ4v) is 2.49. The van der Waals surface area contributed by atoms with E-state index in [9.17, 15) is 13.2 Å². The molecule has 4 nitrogen and oxygen atoms in total. The zero-order chi connectivity index (χ0) is 14.8. The molecule has 0 atom stereocenters. The van der Waals surface area contributed by atoms with Crippen LogP contribution in [0, 0.1) is 0 Å². The van der Waals surface area contributed by atoms with Crippen LogP contribution in [0.15, 0.2) is 29.3 Å². The molecule has 0 N–H and O–H groups in total. The number of nitrogens with zero attached hydrogens (tertiary/aromatic N) is 1. The van der Waals surface area contributed by atoms with E-state index < -0.39 is 15.6 Å². The van der Waals surface area contributed by atoms with Crippen molar-refractivity contribution in [3.8, 4) is 0 Å². The minimum absolute atomic E-state index is 0.174. The molecule has 0 saturated heterocycles. The van der Waals surface area contributed by atoms with Gasteiger partial charge in [-0.2, -0.15) is 0 Å². The Kier molecular flexibility index (Phi) is 5.01. The van der Waals surface area contributed by atoms with Crippen LogP contribution < -0.4 is 0 Å². The van der Waals surface area contributed by atoms with E-state index in [-0.39, 0.29) is 15.5 Å². The normalized spacial score (nSPS) is 12.4. The lowest BCUT2D eigenvalue weighted by atomic mass is 10.1. The number of Topliss-reactive ketones (excluding diaryl/α,β-unsaturated/α-hetero) is 1. The van der Waals surface area contributed by atoms with Gasteiger partial charge < -0.3 is 4.90 Å². The Bertz CT molecular complexity index is 636. The summed E-state index contributed by atoms with van der Waals surface area (Å²) in [6.45, 7) is 0. The Labute approximate surface area is 122 Å². The fourth-order valence-electron chi connectivity index (χ4n) is 1.34. The number of halogens is 2. The lowest BCUT2D eigenvalue weighted by molar-refractivity contribution is 0.104. The van der Waals surface area contributed by atoms with E-state index in [2.05, 4.69) is 0 Å². The predicted octanol–water partition coefficient (Wildman–Crippen LogP) is 2.62. The monoisotopic (exact) mass is 321 g/mol. The van der Waals surface area contributed by atoms with Crippen molar-refractivity contribution in [3.05, 3.63) is 44.9 Å². The first-order valence-electron chi connectivity index (χ1n) is 5.21. The Morgan fingerprint density at radius 2 is 1.79 bits per heavy atom. The fraction of sp³-hybridized carbons (Fsp3) is 0.250. The van der Waals surface area contributed by atoms with Gasteiger partial charge in [-0.1, -0.05) is 23.2 Å². The molecule has 1 aromatic carbocycles. The summed E-state index contributed by atoms with van der Waals surface area (Å²) in [7, 11) is -0.372. The highest BCUT2D eigenvalue weighted by Gasteiger charge is 2.22. The Morgan fingerprint density at radius 1 is 1.21 bits per heavy atom. The first-order valence-corrected chi connectivity index (χ1v) is 7.85. The number of benzene rings is 1. The topological polar surface area (TPSA) is 54.5 Å².